The summed E-state index contributed by atoms with van der Waals surface area (Å²) in [5, 5.41) is 15.6. The molecular weight excluding hydrogens is 432 g/mol. The summed E-state index contributed by atoms with van der Waals surface area (Å²) < 4.78 is 0.876. The van der Waals surface area contributed by atoms with Gasteiger partial charge >= 0.3 is 6.03 Å². The number of anilines is 1. The Kier molecular flexibility index (Phi) is 5.50. The van der Waals surface area contributed by atoms with Gasteiger partial charge in [-0.25, -0.2) is 9.69 Å². The first kappa shape index (κ1) is 19.2. The summed E-state index contributed by atoms with van der Waals surface area (Å²) in [6.07, 6.45) is 1.51. The summed E-state index contributed by atoms with van der Waals surface area (Å²) in [4.78, 5) is 47.4. The molecule has 2 aromatic rings. The lowest BCUT2D eigenvalue weighted by molar-refractivity contribution is -0.384. The van der Waals surface area contributed by atoms with Crippen LogP contribution in [0.1, 0.15) is 5.56 Å². The highest BCUT2D eigenvalue weighted by Crippen LogP contribution is 2.18. The van der Waals surface area contributed by atoms with Crippen molar-refractivity contribution in [3.05, 3.63) is 74.4 Å². The molecule has 0 spiro atoms. The lowest BCUT2D eigenvalue weighted by Crippen LogP contribution is -2.38. The fourth-order valence-electron chi connectivity index (χ4n) is 2.45. The zero-order valence-corrected chi connectivity index (χ0v) is 15.8. The molecule has 4 amide bonds. The average molecular weight is 445 g/mol. The predicted octanol–water partition coefficient (Wildman–Crippen LogP) is 2.89. The number of non-ortho nitro benzene ring substituents is 1. The van der Waals surface area contributed by atoms with Gasteiger partial charge in [-0.1, -0.05) is 28.1 Å². The number of nitro benzene ring substituents is 1. The number of benzene rings is 2. The van der Waals surface area contributed by atoms with Gasteiger partial charge in [0, 0.05) is 22.3 Å². The second kappa shape index (κ2) is 8.01. The van der Waals surface area contributed by atoms with Gasteiger partial charge in [0.15, 0.2) is 0 Å². The molecule has 142 valence electrons. The highest BCUT2D eigenvalue weighted by Gasteiger charge is 2.34. The first-order valence-corrected chi connectivity index (χ1v) is 8.77. The van der Waals surface area contributed by atoms with Crippen LogP contribution in [0.15, 0.2) is 58.7 Å². The van der Waals surface area contributed by atoms with Gasteiger partial charge in [0.05, 0.1) is 4.92 Å². The van der Waals surface area contributed by atoms with Gasteiger partial charge in [0.1, 0.15) is 12.2 Å². The number of carbonyl (C=O) groups is 3. The second-order valence-corrected chi connectivity index (χ2v) is 6.70. The van der Waals surface area contributed by atoms with Gasteiger partial charge in [-0.2, -0.15) is 0 Å². The van der Waals surface area contributed by atoms with Crippen molar-refractivity contribution < 1.29 is 19.3 Å². The quantitative estimate of drug-likeness (QED) is 0.317. The van der Waals surface area contributed by atoms with Crippen LogP contribution in [0.5, 0.6) is 0 Å². The minimum absolute atomic E-state index is 0.0652. The standard InChI is InChI=1S/C18H13BrN4O5/c19-12-3-1-11(2-4-12)9-15-17(25)22(18(26)21-15)10-16(24)20-13-5-7-14(8-6-13)23(27)28/h1-9H,10H2,(H,20,24)(H,21,26)/b15-9-. The molecule has 1 heterocycles. The number of carbonyl (C=O) groups excluding carboxylic acids is 3. The van der Waals surface area contributed by atoms with Gasteiger partial charge in [0.25, 0.3) is 11.6 Å². The van der Waals surface area contributed by atoms with Crippen LogP contribution in [0.3, 0.4) is 0 Å². The summed E-state index contributed by atoms with van der Waals surface area (Å²) in [5.41, 5.74) is 0.975. The van der Waals surface area contributed by atoms with E-state index in [2.05, 4.69) is 26.6 Å². The van der Waals surface area contributed by atoms with Crippen molar-refractivity contribution in [3.8, 4) is 0 Å². The third kappa shape index (κ3) is 4.41. The first-order valence-electron chi connectivity index (χ1n) is 7.98. The Morgan fingerprint density at radius 3 is 2.39 bits per heavy atom. The maximum Gasteiger partial charge on any atom is 0.329 e. The molecule has 2 aromatic carbocycles. The van der Waals surface area contributed by atoms with Crippen molar-refractivity contribution in [2.24, 2.45) is 0 Å². The van der Waals surface area contributed by atoms with Crippen molar-refractivity contribution in [1.82, 2.24) is 10.2 Å². The predicted molar refractivity (Wildman–Crippen MR) is 104 cm³/mol. The van der Waals surface area contributed by atoms with E-state index < -0.39 is 29.3 Å². The number of amides is 4. The third-order valence-electron chi connectivity index (χ3n) is 3.81. The molecule has 0 saturated carbocycles. The van der Waals surface area contributed by atoms with Gasteiger partial charge in [-0.15, -0.1) is 0 Å². The van der Waals surface area contributed by atoms with Gasteiger partial charge in [-0.3, -0.25) is 19.7 Å². The normalized spacial score (nSPS) is 14.9. The number of hydrogen-bond donors (Lipinski definition) is 2. The minimum Gasteiger partial charge on any atom is -0.325 e. The van der Waals surface area contributed by atoms with E-state index in [4.69, 9.17) is 0 Å². The highest BCUT2D eigenvalue weighted by molar-refractivity contribution is 9.10. The topological polar surface area (TPSA) is 122 Å². The van der Waals surface area contributed by atoms with Gasteiger partial charge in [0.2, 0.25) is 5.91 Å². The third-order valence-corrected chi connectivity index (χ3v) is 4.34. The monoisotopic (exact) mass is 444 g/mol. The van der Waals surface area contributed by atoms with Crippen molar-refractivity contribution in [2.75, 3.05) is 11.9 Å². The fourth-order valence-corrected chi connectivity index (χ4v) is 2.72. The molecule has 1 aliphatic heterocycles. The lowest BCUT2D eigenvalue weighted by atomic mass is 10.2. The van der Waals surface area contributed by atoms with Gasteiger partial charge in [-0.05, 0) is 35.9 Å². The Morgan fingerprint density at radius 2 is 1.79 bits per heavy atom. The smallest absolute Gasteiger partial charge is 0.325 e. The van der Waals surface area contributed by atoms with Crippen molar-refractivity contribution >= 4 is 51.2 Å². The first-order chi connectivity index (χ1) is 13.3. The van der Waals surface area contributed by atoms with Crippen molar-refractivity contribution in [2.45, 2.75) is 0 Å². The Morgan fingerprint density at radius 1 is 1.14 bits per heavy atom. The summed E-state index contributed by atoms with van der Waals surface area (Å²) in [6.45, 7) is -0.487. The number of nitro groups is 1. The SMILES string of the molecule is O=C(CN1C(=O)N/C(=C\c2ccc(Br)cc2)C1=O)Nc1ccc([N+](=O)[O-])cc1. The molecule has 1 fully saturated rings. The van der Waals surface area contributed by atoms with Crippen molar-refractivity contribution in [3.63, 3.8) is 0 Å². The van der Waals surface area contributed by atoms with Crippen LogP contribution in [0.2, 0.25) is 0 Å². The number of rotatable bonds is 5. The van der Waals surface area contributed by atoms with Crippen LogP contribution in [0, 0.1) is 10.1 Å². The molecule has 9 nitrogen and oxygen atoms in total. The summed E-state index contributed by atoms with van der Waals surface area (Å²) in [7, 11) is 0. The summed E-state index contributed by atoms with van der Waals surface area (Å²) in [5.74, 6) is -1.23. The fraction of sp³-hybridized carbons (Fsp3) is 0.0556. The molecule has 0 unspecified atom stereocenters. The van der Waals surface area contributed by atoms with Crippen LogP contribution in [-0.2, 0) is 9.59 Å². The summed E-state index contributed by atoms with van der Waals surface area (Å²) in [6, 6.07) is 11.6. The van der Waals surface area contributed by atoms with E-state index in [0.717, 1.165) is 9.37 Å². The average Bonchev–Trinajstić information content (AvgIpc) is 2.91. The number of nitrogens with zero attached hydrogens (tertiary/aromatic N) is 2. The van der Waals surface area contributed by atoms with Crippen LogP contribution < -0.4 is 10.6 Å². The Hall–Kier alpha value is -3.53. The van der Waals surface area contributed by atoms with E-state index in [1.165, 1.54) is 30.3 Å². The molecule has 1 saturated heterocycles. The van der Waals surface area contributed by atoms with Crippen LogP contribution in [0.25, 0.3) is 6.08 Å². The molecule has 3 rings (SSSR count). The van der Waals surface area contributed by atoms with Crippen LogP contribution in [-0.4, -0.2) is 34.2 Å². The van der Waals surface area contributed by atoms with Crippen LogP contribution >= 0.6 is 15.9 Å². The largest absolute Gasteiger partial charge is 0.329 e. The molecule has 0 bridgehead atoms. The Labute approximate surface area is 167 Å². The van der Waals surface area contributed by atoms with E-state index in [0.29, 0.717) is 11.3 Å². The molecule has 10 heteroatoms. The van der Waals surface area contributed by atoms with E-state index in [9.17, 15) is 24.5 Å². The molecule has 0 aliphatic carbocycles. The van der Waals surface area contributed by atoms with Crippen LogP contribution in [0.4, 0.5) is 16.2 Å². The molecule has 1 aliphatic rings. The Balaban J connectivity index is 1.65. The van der Waals surface area contributed by atoms with E-state index in [1.807, 2.05) is 0 Å². The minimum atomic E-state index is -0.702. The van der Waals surface area contributed by atoms with Gasteiger partial charge < -0.3 is 10.6 Å². The maximum absolute atomic E-state index is 12.4. The highest BCUT2D eigenvalue weighted by atomic mass is 79.9. The number of halogens is 1. The Bertz CT molecular complexity index is 986. The summed E-state index contributed by atoms with van der Waals surface area (Å²) >= 11 is 3.31. The lowest BCUT2D eigenvalue weighted by Gasteiger charge is -2.11. The molecule has 0 radical (unpaired) electrons. The molecule has 0 aromatic heterocycles. The molecular formula is C18H13BrN4O5. The molecule has 2 N–H and O–H groups in total. The van der Waals surface area contributed by atoms with E-state index >= 15 is 0 Å². The zero-order chi connectivity index (χ0) is 20.3. The zero-order valence-electron chi connectivity index (χ0n) is 14.2. The second-order valence-electron chi connectivity index (χ2n) is 5.78. The molecule has 0 atom stereocenters. The number of imide groups is 1. The number of nitrogens with one attached hydrogen (secondary N) is 2. The number of hydrogen-bond acceptors (Lipinski definition) is 5. The van der Waals surface area contributed by atoms with E-state index in [-0.39, 0.29) is 11.4 Å². The number of urea groups is 1. The maximum atomic E-state index is 12.4. The van der Waals surface area contributed by atoms with E-state index in [1.54, 1.807) is 24.3 Å². The van der Waals surface area contributed by atoms with Crippen molar-refractivity contribution in [1.29, 1.82) is 0 Å². The molecule has 28 heavy (non-hydrogen) atoms.